The van der Waals surface area contributed by atoms with Gasteiger partial charge in [0.15, 0.2) is 0 Å². The summed E-state index contributed by atoms with van der Waals surface area (Å²) in [5.74, 6) is -0.0154. The Kier molecular flexibility index (Phi) is 5.87. The van der Waals surface area contributed by atoms with Crippen molar-refractivity contribution in [2.24, 2.45) is 11.7 Å². The van der Waals surface area contributed by atoms with Gasteiger partial charge in [-0.2, -0.15) is 0 Å². The molecule has 0 spiro atoms. The van der Waals surface area contributed by atoms with Gasteiger partial charge < -0.3 is 10.6 Å². The van der Waals surface area contributed by atoms with Crippen molar-refractivity contribution >= 4 is 35.0 Å². The lowest BCUT2D eigenvalue weighted by atomic mass is 9.93. The first-order valence-corrected chi connectivity index (χ1v) is 9.44. The molecule has 2 amide bonds. The SMILES string of the molecule is NC(=O)C1CCN(C2CN(C(=O)CCc3ccc(Cl)cc3Cl)C2)CC1. The number of nitrogens with zero attached hydrogens (tertiary/aromatic N) is 2. The molecule has 2 fully saturated rings. The van der Waals surface area contributed by atoms with Crippen LogP contribution in [0.15, 0.2) is 18.2 Å². The number of amides is 2. The van der Waals surface area contributed by atoms with E-state index in [1.54, 1.807) is 12.1 Å². The maximum Gasteiger partial charge on any atom is 0.223 e. The number of rotatable bonds is 5. The molecule has 0 atom stereocenters. The lowest BCUT2D eigenvalue weighted by Gasteiger charge is -2.47. The predicted octanol–water partition coefficient (Wildman–Crippen LogP) is 2.33. The Morgan fingerprint density at radius 1 is 1.16 bits per heavy atom. The van der Waals surface area contributed by atoms with Crippen molar-refractivity contribution in [3.05, 3.63) is 33.8 Å². The number of benzene rings is 1. The van der Waals surface area contributed by atoms with Crippen molar-refractivity contribution < 1.29 is 9.59 Å². The zero-order valence-corrected chi connectivity index (χ0v) is 15.6. The Balaban J connectivity index is 1.40. The van der Waals surface area contributed by atoms with E-state index < -0.39 is 0 Å². The van der Waals surface area contributed by atoms with Gasteiger partial charge in [-0.1, -0.05) is 29.3 Å². The van der Waals surface area contributed by atoms with Crippen LogP contribution in [0.2, 0.25) is 10.0 Å². The molecule has 136 valence electrons. The van der Waals surface area contributed by atoms with Gasteiger partial charge >= 0.3 is 0 Å². The van der Waals surface area contributed by atoms with E-state index in [0.29, 0.717) is 28.9 Å². The number of piperidine rings is 1. The van der Waals surface area contributed by atoms with Gasteiger partial charge in [-0.05, 0) is 50.0 Å². The van der Waals surface area contributed by atoms with Crippen molar-refractivity contribution in [1.82, 2.24) is 9.80 Å². The largest absolute Gasteiger partial charge is 0.369 e. The molecule has 7 heteroatoms. The Labute approximate surface area is 158 Å². The summed E-state index contributed by atoms with van der Waals surface area (Å²) in [6.07, 6.45) is 2.74. The van der Waals surface area contributed by atoms with Crippen LogP contribution in [-0.4, -0.2) is 53.8 Å². The first kappa shape index (κ1) is 18.5. The van der Waals surface area contributed by atoms with E-state index in [9.17, 15) is 9.59 Å². The molecule has 2 aliphatic rings. The number of carbonyl (C=O) groups excluding carboxylic acids is 2. The van der Waals surface area contributed by atoms with Crippen LogP contribution in [0.4, 0.5) is 0 Å². The standard InChI is InChI=1S/C18H23Cl2N3O2/c19-14-3-1-12(16(20)9-14)2-4-17(24)23-10-15(11-23)22-7-5-13(6-8-22)18(21)25/h1,3,9,13,15H,2,4-8,10-11H2,(H2,21,25). The second kappa shape index (κ2) is 7.94. The van der Waals surface area contributed by atoms with E-state index in [4.69, 9.17) is 28.9 Å². The van der Waals surface area contributed by atoms with Gasteiger partial charge in [-0.25, -0.2) is 0 Å². The first-order valence-electron chi connectivity index (χ1n) is 8.69. The van der Waals surface area contributed by atoms with Crippen molar-refractivity contribution in [3.8, 4) is 0 Å². The van der Waals surface area contributed by atoms with E-state index in [1.807, 2.05) is 11.0 Å². The molecule has 2 saturated heterocycles. The summed E-state index contributed by atoms with van der Waals surface area (Å²) in [5, 5.41) is 1.21. The normalized spacial score (nSPS) is 19.7. The summed E-state index contributed by atoms with van der Waals surface area (Å²) < 4.78 is 0. The minimum absolute atomic E-state index is 0.0122. The molecule has 25 heavy (non-hydrogen) atoms. The highest BCUT2D eigenvalue weighted by Crippen LogP contribution is 2.25. The quantitative estimate of drug-likeness (QED) is 0.848. The highest BCUT2D eigenvalue weighted by molar-refractivity contribution is 6.35. The van der Waals surface area contributed by atoms with Crippen LogP contribution in [0, 0.1) is 5.92 Å². The number of hydrogen-bond donors (Lipinski definition) is 1. The van der Waals surface area contributed by atoms with Gasteiger partial charge in [-0.15, -0.1) is 0 Å². The molecule has 0 saturated carbocycles. The predicted molar refractivity (Wildman–Crippen MR) is 98.6 cm³/mol. The Bertz CT molecular complexity index is 654. The highest BCUT2D eigenvalue weighted by Gasteiger charge is 2.36. The Morgan fingerprint density at radius 2 is 1.84 bits per heavy atom. The lowest BCUT2D eigenvalue weighted by molar-refractivity contribution is -0.139. The van der Waals surface area contributed by atoms with Crippen molar-refractivity contribution in [2.45, 2.75) is 31.7 Å². The topological polar surface area (TPSA) is 66.6 Å². The van der Waals surface area contributed by atoms with Crippen LogP contribution in [0.3, 0.4) is 0 Å². The maximum atomic E-state index is 12.3. The molecule has 0 unspecified atom stereocenters. The second-order valence-corrected chi connectivity index (χ2v) is 7.74. The fraction of sp³-hybridized carbons (Fsp3) is 0.556. The van der Waals surface area contributed by atoms with Crippen LogP contribution in [0.5, 0.6) is 0 Å². The number of aryl methyl sites for hydroxylation is 1. The molecule has 1 aromatic rings. The van der Waals surface area contributed by atoms with Crippen molar-refractivity contribution in [2.75, 3.05) is 26.2 Å². The highest BCUT2D eigenvalue weighted by atomic mass is 35.5. The summed E-state index contributed by atoms with van der Waals surface area (Å²) in [4.78, 5) is 27.8. The van der Waals surface area contributed by atoms with Gasteiger partial charge in [0.1, 0.15) is 0 Å². The third kappa shape index (κ3) is 4.46. The zero-order chi connectivity index (χ0) is 18.0. The molecule has 3 rings (SSSR count). The van der Waals surface area contributed by atoms with Gasteiger partial charge in [0, 0.05) is 41.5 Å². The summed E-state index contributed by atoms with van der Waals surface area (Å²) in [5.41, 5.74) is 6.32. The molecule has 1 aromatic carbocycles. The number of hydrogen-bond acceptors (Lipinski definition) is 3. The number of halogens is 2. The van der Waals surface area contributed by atoms with E-state index in [2.05, 4.69) is 4.90 Å². The molecule has 0 bridgehead atoms. The molecule has 0 radical (unpaired) electrons. The smallest absolute Gasteiger partial charge is 0.223 e. The number of likely N-dealkylation sites (tertiary alicyclic amines) is 2. The van der Waals surface area contributed by atoms with Crippen LogP contribution in [0.1, 0.15) is 24.8 Å². The fourth-order valence-electron chi connectivity index (χ4n) is 3.56. The van der Waals surface area contributed by atoms with Crippen molar-refractivity contribution in [1.29, 1.82) is 0 Å². The van der Waals surface area contributed by atoms with Crippen LogP contribution >= 0.6 is 23.2 Å². The zero-order valence-electron chi connectivity index (χ0n) is 14.1. The number of nitrogens with two attached hydrogens (primary N) is 1. The van der Waals surface area contributed by atoms with E-state index in [-0.39, 0.29) is 17.7 Å². The van der Waals surface area contributed by atoms with Gasteiger partial charge in [0.2, 0.25) is 11.8 Å². The van der Waals surface area contributed by atoms with E-state index in [1.165, 1.54) is 0 Å². The number of carbonyl (C=O) groups is 2. The van der Waals surface area contributed by atoms with Crippen LogP contribution in [0.25, 0.3) is 0 Å². The molecule has 0 aliphatic carbocycles. The summed E-state index contributed by atoms with van der Waals surface area (Å²) in [6.45, 7) is 3.32. The Morgan fingerprint density at radius 3 is 2.44 bits per heavy atom. The minimum Gasteiger partial charge on any atom is -0.369 e. The molecular weight excluding hydrogens is 361 g/mol. The third-order valence-corrected chi connectivity index (χ3v) is 5.87. The van der Waals surface area contributed by atoms with E-state index >= 15 is 0 Å². The third-order valence-electron chi connectivity index (χ3n) is 5.29. The monoisotopic (exact) mass is 383 g/mol. The first-order chi connectivity index (χ1) is 11.9. The van der Waals surface area contributed by atoms with E-state index in [0.717, 1.165) is 44.6 Å². The summed E-state index contributed by atoms with van der Waals surface area (Å²) in [7, 11) is 0. The lowest BCUT2D eigenvalue weighted by Crippen LogP contribution is -2.62. The maximum absolute atomic E-state index is 12.3. The van der Waals surface area contributed by atoms with Gasteiger partial charge in [0.05, 0.1) is 0 Å². The fourth-order valence-corrected chi connectivity index (χ4v) is 4.07. The molecule has 2 heterocycles. The van der Waals surface area contributed by atoms with Crippen LogP contribution in [-0.2, 0) is 16.0 Å². The summed E-state index contributed by atoms with van der Waals surface area (Å²) in [6, 6.07) is 5.79. The summed E-state index contributed by atoms with van der Waals surface area (Å²) >= 11 is 12.0. The minimum atomic E-state index is -0.189. The molecule has 0 aromatic heterocycles. The van der Waals surface area contributed by atoms with Gasteiger partial charge in [-0.3, -0.25) is 14.5 Å². The number of primary amides is 1. The van der Waals surface area contributed by atoms with Gasteiger partial charge in [0.25, 0.3) is 0 Å². The second-order valence-electron chi connectivity index (χ2n) is 6.90. The Hall–Kier alpha value is -1.30. The molecule has 2 aliphatic heterocycles. The average Bonchev–Trinajstić information content (AvgIpc) is 2.53. The molecular formula is C18H23Cl2N3O2. The average molecular weight is 384 g/mol. The molecule has 5 nitrogen and oxygen atoms in total. The molecule has 2 N–H and O–H groups in total. The van der Waals surface area contributed by atoms with Crippen molar-refractivity contribution in [3.63, 3.8) is 0 Å². The van der Waals surface area contributed by atoms with Crippen LogP contribution < -0.4 is 5.73 Å².